The molecule has 0 aliphatic carbocycles. The standard InChI is InChI=1S/C26H27Cl2N7O4/c1-26(15-31-25(36)37)8-11-34(12-9-26)19-13-30-21-23(32-19)35(14-16-3-5-17(38-2)6-4-16)33-24(21)39-18-7-10-29-22(28)20(18)27/h3-7,10,13,31H,8-9,11-12,14-15H2,1-2H3,(H,36,37). The van der Waals surface area contributed by atoms with Crippen LogP contribution in [0.2, 0.25) is 10.2 Å². The molecule has 0 unspecified atom stereocenters. The number of fused-ring (bicyclic) bond motifs is 1. The summed E-state index contributed by atoms with van der Waals surface area (Å²) in [5.74, 6) is 2.02. The number of piperidine rings is 1. The van der Waals surface area contributed by atoms with E-state index in [1.54, 1.807) is 24.1 Å². The number of rotatable bonds is 8. The van der Waals surface area contributed by atoms with Gasteiger partial charge in [0.15, 0.2) is 22.1 Å². The van der Waals surface area contributed by atoms with Gasteiger partial charge in [0.25, 0.3) is 5.88 Å². The first kappa shape index (κ1) is 26.8. The van der Waals surface area contributed by atoms with Gasteiger partial charge in [0.2, 0.25) is 0 Å². The van der Waals surface area contributed by atoms with Gasteiger partial charge < -0.3 is 24.8 Å². The number of amides is 1. The average molecular weight is 572 g/mol. The van der Waals surface area contributed by atoms with Crippen LogP contribution in [0.5, 0.6) is 17.4 Å². The molecule has 0 spiro atoms. The van der Waals surface area contributed by atoms with Crippen molar-refractivity contribution in [1.29, 1.82) is 0 Å². The van der Waals surface area contributed by atoms with Crippen LogP contribution < -0.4 is 19.7 Å². The Hall–Kier alpha value is -3.83. The Kier molecular flexibility index (Phi) is 7.62. The summed E-state index contributed by atoms with van der Waals surface area (Å²) in [6.45, 7) is 4.38. The maximum absolute atomic E-state index is 11.0. The van der Waals surface area contributed by atoms with Crippen LogP contribution in [0.15, 0.2) is 42.7 Å². The van der Waals surface area contributed by atoms with Gasteiger partial charge in [0.05, 0.1) is 19.9 Å². The van der Waals surface area contributed by atoms with Gasteiger partial charge in [0, 0.05) is 31.9 Å². The summed E-state index contributed by atoms with van der Waals surface area (Å²) >= 11 is 12.4. The van der Waals surface area contributed by atoms with Crippen LogP contribution in [0.4, 0.5) is 10.6 Å². The lowest BCUT2D eigenvalue weighted by atomic mass is 9.80. The number of hydrogen-bond donors (Lipinski definition) is 2. The summed E-state index contributed by atoms with van der Waals surface area (Å²) in [5, 5.41) is 16.5. The molecule has 0 atom stereocenters. The van der Waals surface area contributed by atoms with Crippen LogP contribution in [0, 0.1) is 5.41 Å². The Balaban J connectivity index is 1.45. The number of hydrogen-bond acceptors (Lipinski definition) is 8. The number of carboxylic acid groups (broad SMARTS) is 1. The molecule has 4 heterocycles. The fourth-order valence-electron chi connectivity index (χ4n) is 4.47. The molecule has 0 saturated carbocycles. The third-order valence-corrected chi connectivity index (χ3v) is 7.62. The minimum Gasteiger partial charge on any atom is -0.497 e. The predicted molar refractivity (Wildman–Crippen MR) is 147 cm³/mol. The molecule has 39 heavy (non-hydrogen) atoms. The molecule has 1 aromatic carbocycles. The van der Waals surface area contributed by atoms with Gasteiger partial charge in [0.1, 0.15) is 16.6 Å². The fraction of sp³-hybridized carbons (Fsp3) is 0.346. The predicted octanol–water partition coefficient (Wildman–Crippen LogP) is 5.25. The van der Waals surface area contributed by atoms with Gasteiger partial charge in [-0.2, -0.15) is 0 Å². The van der Waals surface area contributed by atoms with Crippen LogP contribution >= 0.6 is 23.2 Å². The van der Waals surface area contributed by atoms with E-state index < -0.39 is 6.09 Å². The second-order valence-corrected chi connectivity index (χ2v) is 10.4. The second-order valence-electron chi connectivity index (χ2n) is 9.68. The van der Waals surface area contributed by atoms with Crippen molar-refractivity contribution in [2.75, 3.05) is 31.6 Å². The van der Waals surface area contributed by atoms with Gasteiger partial charge in [-0.3, -0.25) is 0 Å². The van der Waals surface area contributed by atoms with Crippen LogP contribution in [0.1, 0.15) is 25.3 Å². The van der Waals surface area contributed by atoms with Crippen LogP contribution in [-0.4, -0.2) is 62.7 Å². The van der Waals surface area contributed by atoms with Crippen LogP contribution in [0.25, 0.3) is 11.2 Å². The molecule has 1 fully saturated rings. The quantitative estimate of drug-likeness (QED) is 0.272. The maximum Gasteiger partial charge on any atom is 0.404 e. The summed E-state index contributed by atoms with van der Waals surface area (Å²) in [5.41, 5.74) is 1.90. The van der Waals surface area contributed by atoms with E-state index in [0.29, 0.717) is 35.8 Å². The molecule has 0 radical (unpaired) electrons. The van der Waals surface area contributed by atoms with Crippen molar-refractivity contribution in [2.24, 2.45) is 5.41 Å². The van der Waals surface area contributed by atoms with Crippen molar-refractivity contribution in [3.8, 4) is 17.4 Å². The van der Waals surface area contributed by atoms with E-state index in [4.69, 9.17) is 42.8 Å². The Labute approximate surface area is 234 Å². The topological polar surface area (TPSA) is 128 Å². The van der Waals surface area contributed by atoms with Crippen molar-refractivity contribution < 1.29 is 19.4 Å². The number of nitrogens with zero attached hydrogens (tertiary/aromatic N) is 6. The zero-order valence-electron chi connectivity index (χ0n) is 21.4. The Morgan fingerprint density at radius 1 is 1.15 bits per heavy atom. The molecule has 1 saturated heterocycles. The van der Waals surface area contributed by atoms with E-state index >= 15 is 0 Å². The van der Waals surface area contributed by atoms with E-state index in [1.807, 2.05) is 24.3 Å². The minimum absolute atomic E-state index is 0.116. The number of carbonyl (C=O) groups is 1. The summed E-state index contributed by atoms with van der Waals surface area (Å²) in [6, 6.07) is 9.30. The minimum atomic E-state index is -1.01. The molecule has 1 amide bonds. The normalized spacial score (nSPS) is 14.8. The first-order chi connectivity index (χ1) is 18.7. The number of pyridine rings is 1. The molecule has 204 valence electrons. The third kappa shape index (κ3) is 5.94. The second kappa shape index (κ2) is 11.1. The molecular weight excluding hydrogens is 545 g/mol. The highest BCUT2D eigenvalue weighted by atomic mass is 35.5. The maximum atomic E-state index is 11.0. The van der Waals surface area contributed by atoms with E-state index in [2.05, 4.69) is 32.2 Å². The van der Waals surface area contributed by atoms with Crippen molar-refractivity contribution in [1.82, 2.24) is 30.0 Å². The number of anilines is 1. The van der Waals surface area contributed by atoms with E-state index in [0.717, 1.165) is 37.2 Å². The zero-order chi connectivity index (χ0) is 27.6. The summed E-state index contributed by atoms with van der Waals surface area (Å²) in [7, 11) is 1.62. The molecule has 11 nitrogen and oxygen atoms in total. The molecule has 1 aliphatic heterocycles. The number of halogens is 2. The summed E-state index contributed by atoms with van der Waals surface area (Å²) in [4.78, 5) is 26.7. The summed E-state index contributed by atoms with van der Waals surface area (Å²) < 4.78 is 13.1. The monoisotopic (exact) mass is 571 g/mol. The molecule has 1 aliphatic rings. The largest absolute Gasteiger partial charge is 0.497 e. The van der Waals surface area contributed by atoms with Gasteiger partial charge in [-0.05, 0) is 36.0 Å². The molecule has 3 aromatic heterocycles. The Bertz CT molecular complexity index is 1490. The molecule has 0 bridgehead atoms. The average Bonchev–Trinajstić information content (AvgIpc) is 3.27. The SMILES string of the molecule is COc1ccc(Cn2nc(Oc3ccnc(Cl)c3Cl)c3ncc(N4CCC(C)(CNC(=O)O)CC4)nc32)cc1. The van der Waals surface area contributed by atoms with Crippen LogP contribution in [-0.2, 0) is 6.54 Å². The van der Waals surface area contributed by atoms with Crippen LogP contribution in [0.3, 0.4) is 0 Å². The lowest BCUT2D eigenvalue weighted by Crippen LogP contribution is -2.44. The molecule has 2 N–H and O–H groups in total. The highest BCUT2D eigenvalue weighted by Crippen LogP contribution is 2.36. The molecule has 5 rings (SSSR count). The van der Waals surface area contributed by atoms with E-state index in [1.165, 1.54) is 6.20 Å². The first-order valence-electron chi connectivity index (χ1n) is 12.3. The smallest absolute Gasteiger partial charge is 0.404 e. The third-order valence-electron chi connectivity index (χ3n) is 6.87. The lowest BCUT2D eigenvalue weighted by molar-refractivity contribution is 0.178. The van der Waals surface area contributed by atoms with Gasteiger partial charge >= 0.3 is 6.09 Å². The van der Waals surface area contributed by atoms with E-state index in [9.17, 15) is 4.79 Å². The van der Waals surface area contributed by atoms with E-state index in [-0.39, 0.29) is 21.5 Å². The number of benzene rings is 1. The molecule has 4 aromatic rings. The van der Waals surface area contributed by atoms with Crippen molar-refractivity contribution >= 4 is 46.3 Å². The lowest BCUT2D eigenvalue weighted by Gasteiger charge is -2.39. The molecular formula is C26H27Cl2N7O4. The van der Waals surface area contributed by atoms with Crippen molar-refractivity contribution in [2.45, 2.75) is 26.3 Å². The zero-order valence-corrected chi connectivity index (χ0v) is 22.9. The molecule has 13 heteroatoms. The van der Waals surface area contributed by atoms with Crippen molar-refractivity contribution in [3.05, 3.63) is 58.5 Å². The number of ether oxygens (including phenoxy) is 2. The fourth-order valence-corrected chi connectivity index (χ4v) is 4.77. The first-order valence-corrected chi connectivity index (χ1v) is 13.1. The highest BCUT2D eigenvalue weighted by molar-refractivity contribution is 6.42. The van der Waals surface area contributed by atoms with Crippen molar-refractivity contribution in [3.63, 3.8) is 0 Å². The number of aromatic nitrogens is 5. The number of nitrogens with one attached hydrogen (secondary N) is 1. The summed E-state index contributed by atoms with van der Waals surface area (Å²) in [6.07, 6.45) is 3.82. The van der Waals surface area contributed by atoms with Gasteiger partial charge in [-0.1, -0.05) is 42.3 Å². The van der Waals surface area contributed by atoms with Gasteiger partial charge in [-0.15, -0.1) is 5.10 Å². The Morgan fingerprint density at radius 2 is 1.90 bits per heavy atom. The highest BCUT2D eigenvalue weighted by Gasteiger charge is 2.31. The van der Waals surface area contributed by atoms with Gasteiger partial charge in [-0.25, -0.2) is 24.4 Å². The number of methoxy groups -OCH3 is 1. The Morgan fingerprint density at radius 3 is 2.59 bits per heavy atom.